The summed E-state index contributed by atoms with van der Waals surface area (Å²) in [6.07, 6.45) is 2.42. The van der Waals surface area contributed by atoms with Gasteiger partial charge in [0.25, 0.3) is 5.91 Å². The average molecular weight is 518 g/mol. The molecule has 0 spiro atoms. The topological polar surface area (TPSA) is 107 Å². The van der Waals surface area contributed by atoms with E-state index < -0.39 is 5.54 Å². The molecule has 0 saturated carbocycles. The Morgan fingerprint density at radius 2 is 2.06 bits per heavy atom. The molecule has 0 radical (unpaired) electrons. The Hall–Kier alpha value is -2.74. The highest BCUT2D eigenvalue weighted by Crippen LogP contribution is 2.26. The van der Waals surface area contributed by atoms with Gasteiger partial charge in [-0.1, -0.05) is 0 Å². The van der Waals surface area contributed by atoms with Crippen molar-refractivity contribution in [3.05, 3.63) is 44.6 Å². The number of rotatable bonds is 5. The summed E-state index contributed by atoms with van der Waals surface area (Å²) >= 11 is 4.64. The minimum absolute atomic E-state index is 0.305. The lowest BCUT2D eigenvalue weighted by Gasteiger charge is -2.27. The molecule has 1 fully saturated rings. The SMILES string of the molecule is Cc1cc(NC(=O)C(C)(C)NC(=O)c2ccc(Br)s2)ccc1N1CCOCCC1=NC#N. The van der Waals surface area contributed by atoms with Crippen molar-refractivity contribution in [2.24, 2.45) is 4.99 Å². The second kappa shape index (κ2) is 10.3. The first-order valence-electron chi connectivity index (χ1n) is 10.0. The smallest absolute Gasteiger partial charge is 0.262 e. The van der Waals surface area contributed by atoms with Crippen LogP contribution in [0.5, 0.6) is 0 Å². The van der Waals surface area contributed by atoms with Crippen LogP contribution < -0.4 is 15.5 Å². The highest BCUT2D eigenvalue weighted by atomic mass is 79.9. The van der Waals surface area contributed by atoms with Crippen LogP contribution in [0.15, 0.2) is 39.1 Å². The summed E-state index contributed by atoms with van der Waals surface area (Å²) in [7, 11) is 0. The fourth-order valence-corrected chi connectivity index (χ4v) is 4.56. The number of nitrogens with zero attached hydrogens (tertiary/aromatic N) is 3. The van der Waals surface area contributed by atoms with Gasteiger partial charge in [-0.05, 0) is 72.6 Å². The third-order valence-corrected chi connectivity index (χ3v) is 6.58. The van der Waals surface area contributed by atoms with Crippen LogP contribution in [-0.2, 0) is 9.53 Å². The maximum absolute atomic E-state index is 12.9. The Morgan fingerprint density at radius 1 is 1.28 bits per heavy atom. The van der Waals surface area contributed by atoms with Gasteiger partial charge in [-0.3, -0.25) is 9.59 Å². The molecule has 168 valence electrons. The molecule has 2 aromatic rings. The summed E-state index contributed by atoms with van der Waals surface area (Å²) in [6.45, 7) is 6.90. The van der Waals surface area contributed by atoms with E-state index in [0.717, 1.165) is 15.0 Å². The molecule has 10 heteroatoms. The van der Waals surface area contributed by atoms with Crippen LogP contribution in [0, 0.1) is 18.4 Å². The predicted octanol–water partition coefficient (Wildman–Crippen LogP) is 4.07. The molecule has 1 aliphatic rings. The molecule has 0 aliphatic carbocycles. The Balaban J connectivity index is 1.73. The number of nitrogens with one attached hydrogen (secondary N) is 2. The molecular formula is C22H24BrN5O3S. The van der Waals surface area contributed by atoms with Gasteiger partial charge >= 0.3 is 0 Å². The van der Waals surface area contributed by atoms with Gasteiger partial charge in [-0.25, -0.2) is 0 Å². The number of halogens is 1. The molecule has 0 bridgehead atoms. The van der Waals surface area contributed by atoms with Crippen LogP contribution in [0.25, 0.3) is 0 Å². The minimum Gasteiger partial charge on any atom is -0.379 e. The highest BCUT2D eigenvalue weighted by molar-refractivity contribution is 9.11. The number of hydrogen-bond acceptors (Lipinski definition) is 6. The number of carbonyl (C=O) groups is 2. The Morgan fingerprint density at radius 3 is 2.72 bits per heavy atom. The normalized spacial score (nSPS) is 15.7. The second-order valence-electron chi connectivity index (χ2n) is 7.78. The van der Waals surface area contributed by atoms with Crippen LogP contribution in [-0.4, -0.2) is 42.9 Å². The third kappa shape index (κ3) is 5.73. The van der Waals surface area contributed by atoms with Crippen LogP contribution in [0.2, 0.25) is 0 Å². The summed E-state index contributed by atoms with van der Waals surface area (Å²) in [4.78, 5) is 31.8. The molecule has 2 heterocycles. The number of carbonyl (C=O) groups excluding carboxylic acids is 2. The predicted molar refractivity (Wildman–Crippen MR) is 129 cm³/mol. The fourth-order valence-electron chi connectivity index (χ4n) is 3.28. The number of ether oxygens (including phenoxy) is 1. The summed E-state index contributed by atoms with van der Waals surface area (Å²) in [5.41, 5.74) is 1.32. The monoisotopic (exact) mass is 517 g/mol. The van der Waals surface area contributed by atoms with Crippen molar-refractivity contribution in [2.75, 3.05) is 30.0 Å². The largest absolute Gasteiger partial charge is 0.379 e. The molecule has 1 aliphatic heterocycles. The Bertz CT molecular complexity index is 1090. The van der Waals surface area contributed by atoms with Crippen molar-refractivity contribution in [2.45, 2.75) is 32.7 Å². The van der Waals surface area contributed by atoms with Gasteiger partial charge in [0.15, 0.2) is 0 Å². The van der Waals surface area contributed by atoms with E-state index >= 15 is 0 Å². The van der Waals surface area contributed by atoms with Gasteiger partial charge in [-0.2, -0.15) is 10.3 Å². The lowest BCUT2D eigenvalue weighted by molar-refractivity contribution is -0.120. The lowest BCUT2D eigenvalue weighted by atomic mass is 10.0. The van der Waals surface area contributed by atoms with E-state index in [4.69, 9.17) is 10.00 Å². The number of thiophene rings is 1. The summed E-state index contributed by atoms with van der Waals surface area (Å²) < 4.78 is 6.36. The molecule has 0 unspecified atom stereocenters. The molecule has 0 atom stereocenters. The van der Waals surface area contributed by atoms with E-state index in [1.165, 1.54) is 11.3 Å². The van der Waals surface area contributed by atoms with Crippen molar-refractivity contribution in [3.8, 4) is 6.19 Å². The molecule has 2 N–H and O–H groups in total. The van der Waals surface area contributed by atoms with Gasteiger partial charge in [0, 0.05) is 24.3 Å². The summed E-state index contributed by atoms with van der Waals surface area (Å²) in [5.74, 6) is 0.0255. The van der Waals surface area contributed by atoms with Crippen LogP contribution in [0.4, 0.5) is 11.4 Å². The third-order valence-electron chi connectivity index (χ3n) is 4.96. The lowest BCUT2D eigenvalue weighted by Crippen LogP contribution is -2.52. The quantitative estimate of drug-likeness (QED) is 0.581. The molecule has 32 heavy (non-hydrogen) atoms. The van der Waals surface area contributed by atoms with Crippen molar-refractivity contribution < 1.29 is 14.3 Å². The van der Waals surface area contributed by atoms with Crippen LogP contribution in [0.1, 0.15) is 35.5 Å². The van der Waals surface area contributed by atoms with E-state index in [1.54, 1.807) is 32.0 Å². The van der Waals surface area contributed by atoms with Crippen molar-refractivity contribution in [1.29, 1.82) is 5.26 Å². The van der Waals surface area contributed by atoms with E-state index in [9.17, 15) is 9.59 Å². The standard InChI is InChI=1S/C22H24BrN5O3S/c1-14-12-15(4-5-16(14)28-9-11-31-10-8-19(28)25-13-24)26-21(30)22(2,3)27-20(29)17-6-7-18(23)32-17/h4-7,12H,8-11H2,1-3H3,(H,26,30)(H,27,29). The first-order chi connectivity index (χ1) is 15.2. The van der Waals surface area contributed by atoms with E-state index in [0.29, 0.717) is 42.6 Å². The summed E-state index contributed by atoms with van der Waals surface area (Å²) in [6, 6.07) is 9.04. The number of amidine groups is 1. The second-order valence-corrected chi connectivity index (χ2v) is 10.2. The Kier molecular flexibility index (Phi) is 7.66. The molecule has 1 aromatic carbocycles. The fraction of sp³-hybridized carbons (Fsp3) is 0.364. The van der Waals surface area contributed by atoms with Crippen molar-refractivity contribution in [3.63, 3.8) is 0 Å². The zero-order chi connectivity index (χ0) is 23.3. The Labute approximate surface area is 199 Å². The molecule has 1 aromatic heterocycles. The molecule has 8 nitrogen and oxygen atoms in total. The number of aliphatic imine (C=N–C) groups is 1. The van der Waals surface area contributed by atoms with Gasteiger partial charge in [0.05, 0.1) is 21.9 Å². The number of aryl methyl sites for hydroxylation is 1. The molecular weight excluding hydrogens is 494 g/mol. The molecule has 1 saturated heterocycles. The first kappa shape index (κ1) is 23.9. The number of benzene rings is 1. The van der Waals surface area contributed by atoms with Crippen LogP contribution in [0.3, 0.4) is 0 Å². The maximum Gasteiger partial charge on any atom is 0.262 e. The first-order valence-corrected chi connectivity index (χ1v) is 11.6. The minimum atomic E-state index is -1.12. The highest BCUT2D eigenvalue weighted by Gasteiger charge is 2.30. The van der Waals surface area contributed by atoms with E-state index in [-0.39, 0.29) is 11.8 Å². The number of hydrogen-bond donors (Lipinski definition) is 2. The maximum atomic E-state index is 12.9. The number of nitriles is 1. The van der Waals surface area contributed by atoms with Crippen LogP contribution >= 0.6 is 27.3 Å². The molecule has 2 amide bonds. The van der Waals surface area contributed by atoms with Gasteiger partial charge < -0.3 is 20.3 Å². The van der Waals surface area contributed by atoms with Crippen molar-refractivity contribution in [1.82, 2.24) is 5.32 Å². The zero-order valence-electron chi connectivity index (χ0n) is 18.1. The summed E-state index contributed by atoms with van der Waals surface area (Å²) in [5, 5.41) is 14.7. The number of anilines is 2. The zero-order valence-corrected chi connectivity index (χ0v) is 20.5. The number of amides is 2. The van der Waals surface area contributed by atoms with Gasteiger partial charge in [0.2, 0.25) is 12.1 Å². The van der Waals surface area contributed by atoms with Crippen molar-refractivity contribution >= 4 is 56.3 Å². The van der Waals surface area contributed by atoms with E-state index in [2.05, 4.69) is 31.6 Å². The molecule has 3 rings (SSSR count). The average Bonchev–Trinajstić information content (AvgIpc) is 3.04. The van der Waals surface area contributed by atoms with Gasteiger partial charge in [0.1, 0.15) is 11.4 Å². The van der Waals surface area contributed by atoms with Gasteiger partial charge in [-0.15, -0.1) is 11.3 Å². The van der Waals surface area contributed by atoms with E-state index in [1.807, 2.05) is 30.1 Å².